The number of aliphatic hydroxyl groups excluding tert-OH is 1. The minimum atomic E-state index is -0.119. The zero-order chi connectivity index (χ0) is 14.5. The molecule has 104 valence electrons. The van der Waals surface area contributed by atoms with E-state index in [1.807, 2.05) is 41.8 Å². The maximum atomic E-state index is 8.67. The second-order valence-corrected chi connectivity index (χ2v) is 5.40. The lowest BCUT2D eigenvalue weighted by Gasteiger charge is -2.05. The van der Waals surface area contributed by atoms with Gasteiger partial charge in [0.1, 0.15) is 19.0 Å². The van der Waals surface area contributed by atoms with Gasteiger partial charge in [-0.25, -0.2) is 0 Å². The Morgan fingerprint density at radius 1 is 1.24 bits per heavy atom. The summed E-state index contributed by atoms with van der Waals surface area (Å²) in [4.78, 5) is 5.41. The van der Waals surface area contributed by atoms with E-state index in [0.717, 1.165) is 27.1 Å². The summed E-state index contributed by atoms with van der Waals surface area (Å²) < 4.78 is 5.79. The van der Waals surface area contributed by atoms with E-state index in [0.29, 0.717) is 6.61 Å². The van der Waals surface area contributed by atoms with E-state index in [1.165, 1.54) is 0 Å². The molecule has 0 saturated heterocycles. The third kappa shape index (κ3) is 3.40. The molecule has 21 heavy (non-hydrogen) atoms. The number of nitrogens with zero attached hydrogens (tertiary/aromatic N) is 1. The first-order chi connectivity index (χ1) is 10.3. The molecule has 2 heterocycles. The summed E-state index contributed by atoms with van der Waals surface area (Å²) in [6, 6.07) is 11.8. The number of benzene rings is 1. The van der Waals surface area contributed by atoms with Crippen molar-refractivity contribution in [3.63, 3.8) is 0 Å². The Morgan fingerprint density at radius 2 is 2.19 bits per heavy atom. The summed E-state index contributed by atoms with van der Waals surface area (Å²) in [5, 5.41) is 11.7. The van der Waals surface area contributed by atoms with Crippen LogP contribution in [0, 0.1) is 11.8 Å². The van der Waals surface area contributed by atoms with Crippen molar-refractivity contribution in [3.8, 4) is 17.6 Å². The van der Waals surface area contributed by atoms with Gasteiger partial charge >= 0.3 is 0 Å². The molecule has 4 heteroatoms. The zero-order valence-corrected chi connectivity index (χ0v) is 12.1. The third-order valence-electron chi connectivity index (χ3n) is 2.92. The summed E-state index contributed by atoms with van der Waals surface area (Å²) in [5.41, 5.74) is 1.84. The van der Waals surface area contributed by atoms with Crippen LogP contribution >= 0.6 is 11.3 Å². The molecule has 0 spiro atoms. The van der Waals surface area contributed by atoms with Crippen molar-refractivity contribution in [2.24, 2.45) is 0 Å². The molecule has 0 aliphatic rings. The van der Waals surface area contributed by atoms with E-state index in [1.54, 1.807) is 17.5 Å². The third-order valence-corrected chi connectivity index (χ3v) is 3.83. The molecule has 1 aromatic carbocycles. The Morgan fingerprint density at radius 3 is 3.10 bits per heavy atom. The molecule has 0 unspecified atom stereocenters. The van der Waals surface area contributed by atoms with Gasteiger partial charge in [0.2, 0.25) is 0 Å². The molecule has 0 bridgehead atoms. The predicted octanol–water partition coefficient (Wildman–Crippen LogP) is 3.22. The molecule has 0 radical (unpaired) electrons. The van der Waals surface area contributed by atoms with Crippen molar-refractivity contribution in [3.05, 3.63) is 58.4 Å². The SMILES string of the molecule is OCC#Cc1csc(COc2ccc3cccnc3c2)c1. The van der Waals surface area contributed by atoms with Crippen LogP contribution in [0.4, 0.5) is 0 Å². The highest BCUT2D eigenvalue weighted by Gasteiger charge is 2.01. The number of pyridine rings is 1. The molecule has 0 atom stereocenters. The highest BCUT2D eigenvalue weighted by Crippen LogP contribution is 2.21. The number of aliphatic hydroxyl groups is 1. The Balaban J connectivity index is 1.69. The van der Waals surface area contributed by atoms with Gasteiger partial charge in [-0.1, -0.05) is 17.9 Å². The fourth-order valence-corrected chi connectivity index (χ4v) is 2.68. The van der Waals surface area contributed by atoms with Crippen molar-refractivity contribution in [2.75, 3.05) is 6.61 Å². The molecular formula is C17H13NO2S. The standard InChI is InChI=1S/C17H13NO2S/c19-8-2-3-13-9-16(21-12-13)11-20-15-6-5-14-4-1-7-18-17(14)10-15/h1,4-7,9-10,12,19H,8,11H2. The Labute approximate surface area is 126 Å². The van der Waals surface area contributed by atoms with E-state index in [2.05, 4.69) is 16.8 Å². The van der Waals surface area contributed by atoms with Crippen molar-refractivity contribution < 1.29 is 9.84 Å². The van der Waals surface area contributed by atoms with Crippen LogP contribution in [0.15, 0.2) is 48.0 Å². The van der Waals surface area contributed by atoms with Gasteiger partial charge in [-0.3, -0.25) is 4.98 Å². The monoisotopic (exact) mass is 295 g/mol. The van der Waals surface area contributed by atoms with Crippen molar-refractivity contribution in [1.82, 2.24) is 4.98 Å². The Kier molecular flexibility index (Phi) is 4.15. The molecular weight excluding hydrogens is 282 g/mol. The van der Waals surface area contributed by atoms with Crippen molar-refractivity contribution in [2.45, 2.75) is 6.61 Å². The van der Waals surface area contributed by atoms with E-state index in [4.69, 9.17) is 9.84 Å². The van der Waals surface area contributed by atoms with Crippen LogP contribution in [0.25, 0.3) is 10.9 Å². The lowest BCUT2D eigenvalue weighted by Crippen LogP contribution is -1.93. The highest BCUT2D eigenvalue weighted by atomic mass is 32.1. The quantitative estimate of drug-likeness (QED) is 0.754. The van der Waals surface area contributed by atoms with Crippen LogP contribution in [0.3, 0.4) is 0 Å². The normalized spacial score (nSPS) is 10.1. The molecule has 0 fully saturated rings. The minimum Gasteiger partial charge on any atom is -0.488 e. The molecule has 2 aromatic heterocycles. The topological polar surface area (TPSA) is 42.4 Å². The van der Waals surface area contributed by atoms with Crippen LogP contribution < -0.4 is 4.74 Å². The van der Waals surface area contributed by atoms with Crippen LogP contribution in [0.2, 0.25) is 0 Å². The predicted molar refractivity (Wildman–Crippen MR) is 84.4 cm³/mol. The van der Waals surface area contributed by atoms with E-state index < -0.39 is 0 Å². The van der Waals surface area contributed by atoms with Gasteiger partial charge in [-0.05, 0) is 24.3 Å². The lowest BCUT2D eigenvalue weighted by molar-refractivity contribution is 0.310. The van der Waals surface area contributed by atoms with Gasteiger partial charge in [0.15, 0.2) is 0 Å². The second kappa shape index (κ2) is 6.40. The minimum absolute atomic E-state index is 0.119. The summed E-state index contributed by atoms with van der Waals surface area (Å²) in [6.45, 7) is 0.385. The first kappa shape index (κ1) is 13.6. The number of aromatic nitrogens is 1. The fraction of sp³-hybridized carbons (Fsp3) is 0.118. The molecule has 3 nitrogen and oxygen atoms in total. The van der Waals surface area contributed by atoms with Gasteiger partial charge in [0, 0.05) is 33.5 Å². The van der Waals surface area contributed by atoms with Gasteiger partial charge in [0.25, 0.3) is 0 Å². The fourth-order valence-electron chi connectivity index (χ4n) is 1.95. The summed E-state index contributed by atoms with van der Waals surface area (Å²) >= 11 is 1.60. The zero-order valence-electron chi connectivity index (χ0n) is 11.2. The Bertz CT molecular complexity index is 814. The average molecular weight is 295 g/mol. The Hall–Kier alpha value is -2.35. The van der Waals surface area contributed by atoms with E-state index in [-0.39, 0.29) is 6.61 Å². The number of hydrogen-bond donors (Lipinski definition) is 1. The largest absolute Gasteiger partial charge is 0.488 e. The van der Waals surface area contributed by atoms with Gasteiger partial charge < -0.3 is 9.84 Å². The molecule has 3 aromatic rings. The smallest absolute Gasteiger partial charge is 0.122 e. The average Bonchev–Trinajstić information content (AvgIpc) is 2.98. The van der Waals surface area contributed by atoms with Crippen molar-refractivity contribution >= 4 is 22.2 Å². The first-order valence-electron chi connectivity index (χ1n) is 6.50. The molecule has 0 saturated carbocycles. The van der Waals surface area contributed by atoms with E-state index >= 15 is 0 Å². The molecule has 0 aliphatic heterocycles. The molecule has 0 amide bonds. The number of fused-ring (bicyclic) bond motifs is 1. The van der Waals surface area contributed by atoms with E-state index in [9.17, 15) is 0 Å². The number of rotatable bonds is 3. The summed E-state index contributed by atoms with van der Waals surface area (Å²) in [6.07, 6.45) is 1.78. The molecule has 0 aliphatic carbocycles. The summed E-state index contributed by atoms with van der Waals surface area (Å²) in [7, 11) is 0. The number of thiophene rings is 1. The lowest BCUT2D eigenvalue weighted by atomic mass is 10.2. The van der Waals surface area contributed by atoms with Crippen LogP contribution in [-0.2, 0) is 6.61 Å². The molecule has 3 rings (SSSR count). The first-order valence-corrected chi connectivity index (χ1v) is 7.38. The summed E-state index contributed by atoms with van der Waals surface area (Å²) in [5.74, 6) is 6.32. The number of ether oxygens (including phenoxy) is 1. The highest BCUT2D eigenvalue weighted by molar-refractivity contribution is 7.10. The van der Waals surface area contributed by atoms with Crippen LogP contribution in [0.5, 0.6) is 5.75 Å². The van der Waals surface area contributed by atoms with Crippen molar-refractivity contribution in [1.29, 1.82) is 0 Å². The maximum Gasteiger partial charge on any atom is 0.122 e. The second-order valence-electron chi connectivity index (χ2n) is 4.41. The van der Waals surface area contributed by atoms with Crippen LogP contribution in [0.1, 0.15) is 10.4 Å². The van der Waals surface area contributed by atoms with Gasteiger partial charge in [-0.15, -0.1) is 11.3 Å². The van der Waals surface area contributed by atoms with Gasteiger partial charge in [-0.2, -0.15) is 0 Å². The van der Waals surface area contributed by atoms with Gasteiger partial charge in [0.05, 0.1) is 5.52 Å². The molecule has 1 N–H and O–H groups in total. The number of hydrogen-bond acceptors (Lipinski definition) is 4. The van der Waals surface area contributed by atoms with Crippen LogP contribution in [-0.4, -0.2) is 16.7 Å². The maximum absolute atomic E-state index is 8.67.